The van der Waals surface area contributed by atoms with Crippen molar-refractivity contribution in [3.8, 4) is 6.07 Å². The average molecular weight is 230 g/mol. The summed E-state index contributed by atoms with van der Waals surface area (Å²) in [7, 11) is 2.01. The van der Waals surface area contributed by atoms with Crippen LogP contribution in [0, 0.1) is 11.3 Å². The van der Waals surface area contributed by atoms with Crippen LogP contribution in [0.2, 0.25) is 0 Å². The lowest BCUT2D eigenvalue weighted by Crippen LogP contribution is -2.23. The molecule has 0 aromatic carbocycles. The van der Waals surface area contributed by atoms with Crippen molar-refractivity contribution in [1.29, 1.82) is 5.26 Å². The Labute approximate surface area is 102 Å². The number of nitrogens with zero attached hydrogens (tertiary/aromatic N) is 4. The van der Waals surface area contributed by atoms with Crippen molar-refractivity contribution in [1.82, 2.24) is 10.2 Å². The quantitative estimate of drug-likeness (QED) is 0.794. The first-order chi connectivity index (χ1) is 8.22. The number of aromatic nitrogens is 2. The van der Waals surface area contributed by atoms with Gasteiger partial charge in [-0.1, -0.05) is 13.8 Å². The van der Waals surface area contributed by atoms with Crippen molar-refractivity contribution < 1.29 is 0 Å². The second kappa shape index (κ2) is 4.70. The van der Waals surface area contributed by atoms with E-state index >= 15 is 0 Å². The van der Waals surface area contributed by atoms with Crippen LogP contribution in [0.3, 0.4) is 0 Å². The molecule has 2 rings (SSSR count). The Balaban J connectivity index is 2.49. The van der Waals surface area contributed by atoms with Crippen molar-refractivity contribution in [2.45, 2.75) is 45.6 Å². The average Bonchev–Trinajstić information content (AvgIpc) is 3.20. The van der Waals surface area contributed by atoms with Gasteiger partial charge in [-0.2, -0.15) is 10.4 Å². The molecule has 0 N–H and O–H groups in total. The fourth-order valence-corrected chi connectivity index (χ4v) is 2.16. The Hall–Kier alpha value is -1.63. The highest BCUT2D eigenvalue weighted by atomic mass is 15.3. The van der Waals surface area contributed by atoms with Crippen molar-refractivity contribution in [2.24, 2.45) is 0 Å². The number of aryl methyl sites for hydroxylation is 1. The highest BCUT2D eigenvalue weighted by Gasteiger charge is 2.30. The zero-order chi connectivity index (χ0) is 12.4. The molecule has 0 atom stereocenters. The molecule has 0 unspecified atom stereocenters. The molecule has 1 aromatic heterocycles. The molecule has 0 saturated heterocycles. The molecule has 0 radical (unpaired) electrons. The van der Waals surface area contributed by atoms with E-state index in [1.54, 1.807) is 0 Å². The molecule has 1 aromatic rings. The fraction of sp³-hybridized carbons (Fsp3) is 0.615. The van der Waals surface area contributed by atoms with Gasteiger partial charge in [0.15, 0.2) is 5.82 Å². The molecular weight excluding hydrogens is 212 g/mol. The van der Waals surface area contributed by atoms with E-state index in [4.69, 9.17) is 0 Å². The zero-order valence-corrected chi connectivity index (χ0v) is 10.7. The van der Waals surface area contributed by atoms with Crippen molar-refractivity contribution in [3.05, 3.63) is 16.8 Å². The number of hydrogen-bond donors (Lipinski definition) is 0. The standard InChI is InChI=1S/C13H18N4/c1-4-10-11(8-14)13(16-15-12(10)5-2)17(3)9-6-7-9/h9H,4-7H2,1-3H3. The van der Waals surface area contributed by atoms with Crippen molar-refractivity contribution in [2.75, 3.05) is 11.9 Å². The lowest BCUT2D eigenvalue weighted by Gasteiger charge is -2.20. The molecule has 0 aliphatic heterocycles. The van der Waals surface area contributed by atoms with Crippen LogP contribution in [0.4, 0.5) is 5.82 Å². The first kappa shape index (κ1) is 11.8. The van der Waals surface area contributed by atoms with E-state index in [2.05, 4.69) is 35.0 Å². The summed E-state index contributed by atoms with van der Waals surface area (Å²) in [5.41, 5.74) is 2.73. The second-order valence-corrected chi connectivity index (χ2v) is 4.48. The summed E-state index contributed by atoms with van der Waals surface area (Å²) in [5, 5.41) is 17.9. The Kier molecular flexibility index (Phi) is 3.28. The summed E-state index contributed by atoms with van der Waals surface area (Å²) in [6.45, 7) is 4.12. The van der Waals surface area contributed by atoms with Crippen LogP contribution in [-0.2, 0) is 12.8 Å². The molecule has 1 heterocycles. The molecule has 1 saturated carbocycles. The number of anilines is 1. The molecular formula is C13H18N4. The minimum absolute atomic E-state index is 0.550. The van der Waals surface area contributed by atoms with Crippen molar-refractivity contribution >= 4 is 5.82 Å². The van der Waals surface area contributed by atoms with E-state index < -0.39 is 0 Å². The van der Waals surface area contributed by atoms with E-state index in [1.165, 1.54) is 12.8 Å². The molecule has 1 aliphatic carbocycles. The molecule has 1 aliphatic rings. The third kappa shape index (κ3) is 2.10. The summed E-state index contributed by atoms with van der Waals surface area (Å²) in [6, 6.07) is 2.86. The fourth-order valence-electron chi connectivity index (χ4n) is 2.16. The molecule has 0 spiro atoms. The van der Waals surface area contributed by atoms with Gasteiger partial charge in [-0.25, -0.2) is 0 Å². The van der Waals surface area contributed by atoms with E-state index in [0.717, 1.165) is 29.9 Å². The number of nitriles is 1. The summed E-state index contributed by atoms with van der Waals surface area (Å²) in [5.74, 6) is 0.754. The summed E-state index contributed by atoms with van der Waals surface area (Å²) < 4.78 is 0. The molecule has 0 bridgehead atoms. The van der Waals surface area contributed by atoms with E-state index in [-0.39, 0.29) is 0 Å². The smallest absolute Gasteiger partial charge is 0.169 e. The van der Waals surface area contributed by atoms with Crippen LogP contribution in [0.5, 0.6) is 0 Å². The topological polar surface area (TPSA) is 52.8 Å². The Morgan fingerprint density at radius 3 is 2.47 bits per heavy atom. The Bertz CT molecular complexity index is 457. The number of hydrogen-bond acceptors (Lipinski definition) is 4. The van der Waals surface area contributed by atoms with Gasteiger partial charge in [-0.15, -0.1) is 5.10 Å². The first-order valence-electron chi connectivity index (χ1n) is 6.24. The van der Waals surface area contributed by atoms with E-state index in [9.17, 15) is 5.26 Å². The SMILES string of the molecule is CCc1nnc(N(C)C2CC2)c(C#N)c1CC. The predicted octanol–water partition coefficient (Wildman–Crippen LogP) is 2.07. The van der Waals surface area contributed by atoms with Crippen molar-refractivity contribution in [3.63, 3.8) is 0 Å². The maximum atomic E-state index is 9.36. The normalized spacial score (nSPS) is 14.5. The van der Waals surface area contributed by atoms with Gasteiger partial charge >= 0.3 is 0 Å². The molecule has 17 heavy (non-hydrogen) atoms. The summed E-state index contributed by atoms with van der Waals surface area (Å²) in [6.07, 6.45) is 4.06. The van der Waals surface area contributed by atoms with Gasteiger partial charge in [0.1, 0.15) is 11.6 Å². The van der Waals surface area contributed by atoms with Gasteiger partial charge in [-0.05, 0) is 31.2 Å². The largest absolute Gasteiger partial charge is 0.354 e. The highest BCUT2D eigenvalue weighted by molar-refractivity contribution is 5.58. The van der Waals surface area contributed by atoms with Crippen LogP contribution in [0.25, 0.3) is 0 Å². The van der Waals surface area contributed by atoms with Crippen LogP contribution in [0.1, 0.15) is 43.5 Å². The van der Waals surface area contributed by atoms with Gasteiger partial charge in [-0.3, -0.25) is 0 Å². The van der Waals surface area contributed by atoms with Gasteiger partial charge in [0.25, 0.3) is 0 Å². The first-order valence-corrected chi connectivity index (χ1v) is 6.24. The monoisotopic (exact) mass is 230 g/mol. The molecule has 4 nitrogen and oxygen atoms in total. The van der Waals surface area contributed by atoms with Gasteiger partial charge in [0, 0.05) is 13.1 Å². The Morgan fingerprint density at radius 2 is 2.00 bits per heavy atom. The van der Waals surface area contributed by atoms with E-state index in [1.807, 2.05) is 7.05 Å². The predicted molar refractivity (Wildman–Crippen MR) is 66.9 cm³/mol. The molecule has 90 valence electrons. The maximum Gasteiger partial charge on any atom is 0.169 e. The van der Waals surface area contributed by atoms with Crippen LogP contribution in [-0.4, -0.2) is 23.3 Å². The van der Waals surface area contributed by atoms with E-state index in [0.29, 0.717) is 11.6 Å². The maximum absolute atomic E-state index is 9.36. The number of rotatable bonds is 4. The third-order valence-electron chi connectivity index (χ3n) is 3.37. The lowest BCUT2D eigenvalue weighted by atomic mass is 10.0. The zero-order valence-electron chi connectivity index (χ0n) is 10.7. The Morgan fingerprint density at radius 1 is 1.29 bits per heavy atom. The highest BCUT2D eigenvalue weighted by Crippen LogP contribution is 2.32. The summed E-state index contributed by atoms with van der Waals surface area (Å²) >= 11 is 0. The van der Waals surface area contributed by atoms with Crippen LogP contribution < -0.4 is 4.90 Å². The lowest BCUT2D eigenvalue weighted by molar-refractivity contribution is 0.816. The van der Waals surface area contributed by atoms with Gasteiger partial charge < -0.3 is 4.90 Å². The second-order valence-electron chi connectivity index (χ2n) is 4.48. The molecule has 0 amide bonds. The molecule has 1 fully saturated rings. The van der Waals surface area contributed by atoms with Gasteiger partial charge in [0.05, 0.1) is 5.69 Å². The minimum Gasteiger partial charge on any atom is -0.354 e. The van der Waals surface area contributed by atoms with Gasteiger partial charge in [0.2, 0.25) is 0 Å². The summed E-state index contributed by atoms with van der Waals surface area (Å²) in [4.78, 5) is 2.10. The minimum atomic E-state index is 0.550. The molecule has 4 heteroatoms. The van der Waals surface area contributed by atoms with Crippen LogP contribution >= 0.6 is 0 Å². The van der Waals surface area contributed by atoms with Crippen LogP contribution in [0.15, 0.2) is 0 Å². The third-order valence-corrected chi connectivity index (χ3v) is 3.37.